The van der Waals surface area contributed by atoms with E-state index in [4.69, 9.17) is 11.2 Å². The summed E-state index contributed by atoms with van der Waals surface area (Å²) in [6.45, 7) is 1.02. The van der Waals surface area contributed by atoms with Crippen molar-refractivity contribution in [1.82, 2.24) is 0 Å². The van der Waals surface area contributed by atoms with Crippen molar-refractivity contribution in [2.24, 2.45) is 0 Å². The van der Waals surface area contributed by atoms with E-state index in [0.29, 0.717) is 0 Å². The summed E-state index contributed by atoms with van der Waals surface area (Å²) in [5.41, 5.74) is 1.12. The van der Waals surface area contributed by atoms with E-state index in [-0.39, 0.29) is 6.04 Å². The van der Waals surface area contributed by atoms with E-state index < -0.39 is 0 Å². The zero-order chi connectivity index (χ0) is 11.4. The quantitative estimate of drug-likeness (QED) is 0.703. The third kappa shape index (κ3) is 1.99. The van der Waals surface area contributed by atoms with Crippen LogP contribution in [0.3, 0.4) is 0 Å². The molecule has 0 saturated carbocycles. The molecule has 2 rings (SSSR count). The molecule has 0 N–H and O–H groups in total. The normalized spacial score (nSPS) is 20.2. The molecule has 0 bridgehead atoms. The van der Waals surface area contributed by atoms with E-state index in [2.05, 4.69) is 16.9 Å². The van der Waals surface area contributed by atoms with Crippen molar-refractivity contribution >= 4 is 5.69 Å². The Bertz CT molecular complexity index is 394. The van der Waals surface area contributed by atoms with Crippen LogP contribution in [-0.4, -0.2) is 19.7 Å². The van der Waals surface area contributed by atoms with Crippen molar-refractivity contribution in [3.63, 3.8) is 0 Å². The minimum Gasteiger partial charge on any atom is -0.495 e. The Morgan fingerprint density at radius 2 is 2.19 bits per heavy atom. The largest absolute Gasteiger partial charge is 0.495 e. The molecular formula is C14H17NO. The van der Waals surface area contributed by atoms with E-state index in [0.717, 1.165) is 24.4 Å². The van der Waals surface area contributed by atoms with Gasteiger partial charge in [-0.2, -0.15) is 0 Å². The Labute approximate surface area is 97.2 Å². The van der Waals surface area contributed by atoms with Crippen molar-refractivity contribution in [3.05, 3.63) is 24.3 Å². The number of nitrogens with zero attached hydrogens (tertiary/aromatic N) is 1. The van der Waals surface area contributed by atoms with Gasteiger partial charge >= 0.3 is 0 Å². The summed E-state index contributed by atoms with van der Waals surface area (Å²) >= 11 is 0. The van der Waals surface area contributed by atoms with Gasteiger partial charge in [0.15, 0.2) is 0 Å². The fourth-order valence-corrected chi connectivity index (χ4v) is 2.26. The number of rotatable bonds is 2. The van der Waals surface area contributed by atoms with Gasteiger partial charge in [0.25, 0.3) is 0 Å². The standard InChI is InChI=1S/C14H17NO/c1-3-12-8-6-7-11-15(12)13-9-4-5-10-14(13)16-2/h1,4-5,9-10,12H,6-8,11H2,2H3. The second-order valence-electron chi connectivity index (χ2n) is 4.04. The van der Waals surface area contributed by atoms with E-state index >= 15 is 0 Å². The number of para-hydroxylation sites is 2. The minimum absolute atomic E-state index is 0.213. The van der Waals surface area contributed by atoms with Crippen LogP contribution in [0.2, 0.25) is 0 Å². The number of methoxy groups -OCH3 is 1. The first-order valence-corrected chi connectivity index (χ1v) is 5.72. The monoisotopic (exact) mass is 215 g/mol. The highest BCUT2D eigenvalue weighted by atomic mass is 16.5. The highest BCUT2D eigenvalue weighted by molar-refractivity contribution is 5.60. The third-order valence-corrected chi connectivity index (χ3v) is 3.09. The Hall–Kier alpha value is -1.62. The molecule has 2 heteroatoms. The van der Waals surface area contributed by atoms with Gasteiger partial charge in [-0.15, -0.1) is 6.42 Å². The lowest BCUT2D eigenvalue weighted by Crippen LogP contribution is -2.38. The molecule has 1 aromatic rings. The van der Waals surface area contributed by atoms with Crippen LogP contribution in [-0.2, 0) is 0 Å². The maximum absolute atomic E-state index is 5.59. The lowest BCUT2D eigenvalue weighted by Gasteiger charge is -2.35. The Kier molecular flexibility index (Phi) is 3.36. The van der Waals surface area contributed by atoms with Crippen molar-refractivity contribution in [3.8, 4) is 18.1 Å². The van der Waals surface area contributed by atoms with Crippen LogP contribution in [0.15, 0.2) is 24.3 Å². The number of piperidine rings is 1. The van der Waals surface area contributed by atoms with Crippen LogP contribution in [0.4, 0.5) is 5.69 Å². The van der Waals surface area contributed by atoms with Crippen LogP contribution in [0.1, 0.15) is 19.3 Å². The van der Waals surface area contributed by atoms with Gasteiger partial charge in [0.1, 0.15) is 5.75 Å². The molecule has 1 aromatic carbocycles. The first-order valence-electron chi connectivity index (χ1n) is 5.72. The van der Waals surface area contributed by atoms with Gasteiger partial charge in [0.2, 0.25) is 0 Å². The van der Waals surface area contributed by atoms with Gasteiger partial charge in [0, 0.05) is 6.54 Å². The van der Waals surface area contributed by atoms with E-state index in [1.54, 1.807) is 7.11 Å². The zero-order valence-electron chi connectivity index (χ0n) is 9.65. The smallest absolute Gasteiger partial charge is 0.142 e. The summed E-state index contributed by atoms with van der Waals surface area (Å²) in [7, 11) is 1.70. The summed E-state index contributed by atoms with van der Waals surface area (Å²) in [5.74, 6) is 3.78. The topological polar surface area (TPSA) is 12.5 Å². The van der Waals surface area contributed by atoms with Gasteiger partial charge in [-0.1, -0.05) is 18.1 Å². The summed E-state index contributed by atoms with van der Waals surface area (Å²) in [4.78, 5) is 2.28. The molecule has 1 aliphatic heterocycles. The predicted molar refractivity (Wildman–Crippen MR) is 66.8 cm³/mol. The third-order valence-electron chi connectivity index (χ3n) is 3.09. The highest BCUT2D eigenvalue weighted by Gasteiger charge is 2.22. The number of hydrogen-bond acceptors (Lipinski definition) is 2. The fraction of sp³-hybridized carbons (Fsp3) is 0.429. The molecule has 2 nitrogen and oxygen atoms in total. The molecule has 84 valence electrons. The van der Waals surface area contributed by atoms with E-state index in [1.165, 1.54) is 12.8 Å². The molecule has 0 aliphatic carbocycles. The fourth-order valence-electron chi connectivity index (χ4n) is 2.26. The van der Waals surface area contributed by atoms with Crippen molar-refractivity contribution in [1.29, 1.82) is 0 Å². The minimum atomic E-state index is 0.213. The maximum Gasteiger partial charge on any atom is 0.142 e. The summed E-state index contributed by atoms with van der Waals surface area (Å²) in [6.07, 6.45) is 9.10. The van der Waals surface area contributed by atoms with Crippen LogP contribution >= 0.6 is 0 Å². The summed E-state index contributed by atoms with van der Waals surface area (Å²) < 4.78 is 5.38. The SMILES string of the molecule is C#CC1CCCCN1c1ccccc1OC. The second kappa shape index (κ2) is 4.94. The van der Waals surface area contributed by atoms with Gasteiger partial charge in [-0.25, -0.2) is 0 Å². The van der Waals surface area contributed by atoms with Crippen LogP contribution in [0.5, 0.6) is 5.75 Å². The Morgan fingerprint density at radius 3 is 2.94 bits per heavy atom. The molecule has 0 radical (unpaired) electrons. The van der Waals surface area contributed by atoms with Gasteiger partial charge in [0.05, 0.1) is 18.8 Å². The zero-order valence-corrected chi connectivity index (χ0v) is 9.65. The number of ether oxygens (including phenoxy) is 1. The second-order valence-corrected chi connectivity index (χ2v) is 4.04. The maximum atomic E-state index is 5.59. The van der Waals surface area contributed by atoms with Gasteiger partial charge in [-0.05, 0) is 31.4 Å². The van der Waals surface area contributed by atoms with Gasteiger partial charge in [-0.3, -0.25) is 0 Å². The van der Waals surface area contributed by atoms with Crippen molar-refractivity contribution in [2.75, 3.05) is 18.6 Å². The molecule has 1 fully saturated rings. The lowest BCUT2D eigenvalue weighted by atomic mass is 10.0. The van der Waals surface area contributed by atoms with E-state index in [9.17, 15) is 0 Å². The first kappa shape index (κ1) is 10.9. The molecular weight excluding hydrogens is 198 g/mol. The number of anilines is 1. The Morgan fingerprint density at radius 1 is 1.38 bits per heavy atom. The molecule has 1 saturated heterocycles. The molecule has 0 aromatic heterocycles. The first-order chi connectivity index (χ1) is 7.86. The number of benzene rings is 1. The average molecular weight is 215 g/mol. The summed E-state index contributed by atoms with van der Waals surface area (Å²) in [5, 5.41) is 0. The van der Waals surface area contributed by atoms with Gasteiger partial charge < -0.3 is 9.64 Å². The van der Waals surface area contributed by atoms with Crippen LogP contribution in [0, 0.1) is 12.3 Å². The molecule has 0 amide bonds. The predicted octanol–water partition coefficient (Wildman–Crippen LogP) is 2.69. The lowest BCUT2D eigenvalue weighted by molar-refractivity contribution is 0.410. The highest BCUT2D eigenvalue weighted by Crippen LogP contribution is 2.32. The average Bonchev–Trinajstić information content (AvgIpc) is 2.38. The van der Waals surface area contributed by atoms with E-state index in [1.807, 2.05) is 18.2 Å². The van der Waals surface area contributed by atoms with Crippen LogP contribution in [0.25, 0.3) is 0 Å². The summed E-state index contributed by atoms with van der Waals surface area (Å²) in [6, 6.07) is 8.29. The molecule has 1 unspecified atom stereocenters. The number of hydrogen-bond donors (Lipinski definition) is 0. The Balaban J connectivity index is 2.31. The molecule has 0 spiro atoms. The molecule has 1 aliphatic rings. The van der Waals surface area contributed by atoms with Crippen molar-refractivity contribution in [2.45, 2.75) is 25.3 Å². The number of terminal acetylenes is 1. The van der Waals surface area contributed by atoms with Crippen LogP contribution < -0.4 is 9.64 Å². The molecule has 1 atom stereocenters. The molecule has 16 heavy (non-hydrogen) atoms. The molecule has 1 heterocycles. The van der Waals surface area contributed by atoms with Crippen molar-refractivity contribution < 1.29 is 4.74 Å².